The summed E-state index contributed by atoms with van der Waals surface area (Å²) in [7, 11) is 1.64. The van der Waals surface area contributed by atoms with Gasteiger partial charge in [0.25, 0.3) is 0 Å². The summed E-state index contributed by atoms with van der Waals surface area (Å²) < 4.78 is 8.15. The third-order valence-corrected chi connectivity index (χ3v) is 5.16. The van der Waals surface area contributed by atoms with E-state index in [0.29, 0.717) is 5.52 Å². The number of nitrogens with zero attached hydrogens (tertiary/aromatic N) is 3. The van der Waals surface area contributed by atoms with Crippen molar-refractivity contribution in [2.45, 2.75) is 13.0 Å². The van der Waals surface area contributed by atoms with E-state index in [9.17, 15) is 4.79 Å². The molecule has 0 saturated carbocycles. The molecule has 0 aliphatic heterocycles. The molecule has 3 aromatic heterocycles. The number of fused-ring (bicyclic) bond motifs is 3. The van der Waals surface area contributed by atoms with Gasteiger partial charge in [-0.2, -0.15) is 0 Å². The molecule has 1 atom stereocenters. The minimum Gasteiger partial charge on any atom is -0.496 e. The SMILES string of the molecule is COc1cc2c(cc1I)ncc1[nH]c(=O)n([C@H](C)c3ccccn3)c12. The molecule has 0 spiro atoms. The summed E-state index contributed by atoms with van der Waals surface area (Å²) in [6, 6.07) is 9.38. The number of H-pyrrole nitrogens is 1. The van der Waals surface area contributed by atoms with Crippen molar-refractivity contribution in [3.63, 3.8) is 0 Å². The molecule has 0 saturated heterocycles. The number of aromatic amines is 1. The number of pyridine rings is 2. The van der Waals surface area contributed by atoms with Crippen LogP contribution in [0.2, 0.25) is 0 Å². The van der Waals surface area contributed by atoms with E-state index >= 15 is 0 Å². The van der Waals surface area contributed by atoms with E-state index in [1.54, 1.807) is 24.1 Å². The van der Waals surface area contributed by atoms with Crippen LogP contribution in [-0.2, 0) is 0 Å². The molecule has 0 bridgehead atoms. The molecule has 1 N–H and O–H groups in total. The van der Waals surface area contributed by atoms with Gasteiger partial charge in [-0.1, -0.05) is 6.07 Å². The van der Waals surface area contributed by atoms with Crippen LogP contribution in [-0.4, -0.2) is 26.6 Å². The molecule has 4 rings (SSSR count). The summed E-state index contributed by atoms with van der Waals surface area (Å²) in [5, 5.41) is 0.871. The van der Waals surface area contributed by atoms with Gasteiger partial charge < -0.3 is 9.72 Å². The Hall–Kier alpha value is -2.42. The number of methoxy groups -OCH3 is 1. The van der Waals surface area contributed by atoms with E-state index in [1.807, 2.05) is 37.3 Å². The summed E-state index contributed by atoms with van der Waals surface area (Å²) in [4.78, 5) is 24.4. The van der Waals surface area contributed by atoms with Crippen LogP contribution in [0, 0.1) is 3.57 Å². The zero-order valence-electron chi connectivity index (χ0n) is 13.7. The van der Waals surface area contributed by atoms with Crippen LogP contribution < -0.4 is 10.4 Å². The van der Waals surface area contributed by atoms with Gasteiger partial charge in [-0.05, 0) is 53.8 Å². The monoisotopic (exact) mass is 446 g/mol. The van der Waals surface area contributed by atoms with Crippen LogP contribution in [0.5, 0.6) is 5.75 Å². The standard InChI is InChI=1S/C18H15IN4O2/c1-10(13-5-3-4-6-20-13)23-17-11-7-16(25-2)12(19)8-14(11)21-9-15(17)22-18(23)24/h3-10H,1-2H3,(H,22,24)/t10-/m1/s1. The number of halogens is 1. The van der Waals surface area contributed by atoms with E-state index in [1.165, 1.54) is 0 Å². The fourth-order valence-electron chi connectivity index (χ4n) is 3.09. The molecular formula is C18H15IN4O2. The fraction of sp³-hybridized carbons (Fsp3) is 0.167. The highest BCUT2D eigenvalue weighted by Gasteiger charge is 2.19. The first-order valence-corrected chi connectivity index (χ1v) is 8.85. The first-order chi connectivity index (χ1) is 12.1. The van der Waals surface area contributed by atoms with Crippen LogP contribution in [0.15, 0.2) is 47.5 Å². The van der Waals surface area contributed by atoms with Crippen LogP contribution in [0.3, 0.4) is 0 Å². The molecule has 126 valence electrons. The molecule has 0 radical (unpaired) electrons. The van der Waals surface area contributed by atoms with E-state index < -0.39 is 0 Å². The van der Waals surface area contributed by atoms with Gasteiger partial charge in [0.1, 0.15) is 5.75 Å². The summed E-state index contributed by atoms with van der Waals surface area (Å²) in [5.41, 5.74) is 2.97. The van der Waals surface area contributed by atoms with Crippen LogP contribution in [0.25, 0.3) is 21.9 Å². The average molecular weight is 446 g/mol. The van der Waals surface area contributed by atoms with Gasteiger partial charge in [-0.3, -0.25) is 14.5 Å². The number of aromatic nitrogens is 4. The van der Waals surface area contributed by atoms with Crippen molar-refractivity contribution in [2.24, 2.45) is 0 Å². The lowest BCUT2D eigenvalue weighted by Crippen LogP contribution is -2.21. The van der Waals surface area contributed by atoms with Crippen molar-refractivity contribution in [1.29, 1.82) is 0 Å². The van der Waals surface area contributed by atoms with Crippen molar-refractivity contribution >= 4 is 44.5 Å². The van der Waals surface area contributed by atoms with Crippen molar-refractivity contribution in [1.82, 2.24) is 19.5 Å². The molecule has 0 amide bonds. The summed E-state index contributed by atoms with van der Waals surface area (Å²) >= 11 is 2.22. The molecule has 0 aliphatic rings. The maximum atomic E-state index is 12.6. The Balaban J connectivity index is 2.07. The van der Waals surface area contributed by atoms with E-state index in [-0.39, 0.29) is 11.7 Å². The Bertz CT molecular complexity index is 1130. The number of rotatable bonds is 3. The van der Waals surface area contributed by atoms with Crippen molar-refractivity contribution in [2.75, 3.05) is 7.11 Å². The maximum Gasteiger partial charge on any atom is 0.327 e. The lowest BCUT2D eigenvalue weighted by Gasteiger charge is -2.14. The normalized spacial score (nSPS) is 12.6. The minimum atomic E-state index is -0.210. The fourth-order valence-corrected chi connectivity index (χ4v) is 3.76. The molecule has 4 aromatic rings. The predicted octanol–water partition coefficient (Wildman–Crippen LogP) is 3.50. The van der Waals surface area contributed by atoms with Gasteiger partial charge in [0.05, 0.1) is 45.2 Å². The zero-order valence-corrected chi connectivity index (χ0v) is 15.8. The summed E-state index contributed by atoms with van der Waals surface area (Å²) in [6.07, 6.45) is 3.43. The topological polar surface area (TPSA) is 72.8 Å². The quantitative estimate of drug-likeness (QED) is 0.489. The lowest BCUT2D eigenvalue weighted by atomic mass is 10.1. The van der Waals surface area contributed by atoms with Gasteiger partial charge in [-0.15, -0.1) is 0 Å². The number of imidazole rings is 1. The molecule has 3 heterocycles. The number of ether oxygens (including phenoxy) is 1. The second-order valence-corrected chi connectivity index (χ2v) is 6.92. The third kappa shape index (κ3) is 2.58. The highest BCUT2D eigenvalue weighted by Crippen LogP contribution is 2.31. The van der Waals surface area contributed by atoms with E-state index in [4.69, 9.17) is 4.74 Å². The summed E-state index contributed by atoms with van der Waals surface area (Å²) in [5.74, 6) is 0.757. The Morgan fingerprint density at radius 1 is 1.28 bits per heavy atom. The molecule has 6 nitrogen and oxygen atoms in total. The molecular weight excluding hydrogens is 431 g/mol. The highest BCUT2D eigenvalue weighted by molar-refractivity contribution is 14.1. The van der Waals surface area contributed by atoms with Gasteiger partial charge in [-0.25, -0.2) is 4.79 Å². The number of hydrogen-bond acceptors (Lipinski definition) is 4. The van der Waals surface area contributed by atoms with E-state index in [2.05, 4.69) is 37.5 Å². The number of hydrogen-bond donors (Lipinski definition) is 1. The Morgan fingerprint density at radius 3 is 2.84 bits per heavy atom. The zero-order chi connectivity index (χ0) is 17.6. The Labute approximate surface area is 157 Å². The molecule has 25 heavy (non-hydrogen) atoms. The molecule has 0 aliphatic carbocycles. The largest absolute Gasteiger partial charge is 0.496 e. The smallest absolute Gasteiger partial charge is 0.327 e. The Morgan fingerprint density at radius 2 is 2.12 bits per heavy atom. The van der Waals surface area contributed by atoms with Crippen LogP contribution in [0.1, 0.15) is 18.7 Å². The van der Waals surface area contributed by atoms with Gasteiger partial charge in [0.2, 0.25) is 0 Å². The van der Waals surface area contributed by atoms with Crippen molar-refractivity contribution < 1.29 is 4.74 Å². The molecule has 0 fully saturated rings. The highest BCUT2D eigenvalue weighted by atomic mass is 127. The first kappa shape index (κ1) is 16.1. The number of nitrogens with one attached hydrogen (secondary N) is 1. The second kappa shape index (κ2) is 6.14. The lowest BCUT2D eigenvalue weighted by molar-refractivity contribution is 0.412. The second-order valence-electron chi connectivity index (χ2n) is 5.76. The molecule has 7 heteroatoms. The van der Waals surface area contributed by atoms with Crippen molar-refractivity contribution in [3.05, 3.63) is 62.5 Å². The van der Waals surface area contributed by atoms with Crippen molar-refractivity contribution in [3.8, 4) is 5.75 Å². The van der Waals surface area contributed by atoms with Crippen LogP contribution in [0.4, 0.5) is 0 Å². The number of benzene rings is 1. The maximum absolute atomic E-state index is 12.6. The minimum absolute atomic E-state index is 0.181. The van der Waals surface area contributed by atoms with Crippen LogP contribution >= 0.6 is 22.6 Å². The average Bonchev–Trinajstić information content (AvgIpc) is 2.97. The van der Waals surface area contributed by atoms with Gasteiger partial charge >= 0.3 is 5.69 Å². The first-order valence-electron chi connectivity index (χ1n) is 7.77. The Kier molecular flexibility index (Phi) is 3.95. The third-order valence-electron chi connectivity index (χ3n) is 4.32. The molecule has 1 aromatic carbocycles. The van der Waals surface area contributed by atoms with Gasteiger partial charge in [0.15, 0.2) is 0 Å². The van der Waals surface area contributed by atoms with Gasteiger partial charge in [0, 0.05) is 11.6 Å². The predicted molar refractivity (Wildman–Crippen MR) is 105 cm³/mol. The summed E-state index contributed by atoms with van der Waals surface area (Å²) in [6.45, 7) is 1.97. The van der Waals surface area contributed by atoms with E-state index in [0.717, 1.165) is 31.4 Å². The molecule has 0 unspecified atom stereocenters.